The van der Waals surface area contributed by atoms with Crippen LogP contribution in [0.5, 0.6) is 0 Å². The van der Waals surface area contributed by atoms with E-state index in [0.29, 0.717) is 0 Å². The molecule has 1 aliphatic carbocycles. The molecule has 23 heavy (non-hydrogen) atoms. The minimum atomic E-state index is -0.218. The molecule has 0 unspecified atom stereocenters. The number of benzene rings is 1. The third kappa shape index (κ3) is 4.84. The molecule has 0 amide bonds. The average molecular weight is 312 g/mol. The molecule has 2 rings (SSSR count). The first-order valence-electron chi connectivity index (χ1n) is 9.74. The number of unbranched alkanes of at least 4 members (excludes halogenated alkanes) is 3. The summed E-state index contributed by atoms with van der Waals surface area (Å²) < 4.78 is 0. The van der Waals surface area contributed by atoms with Crippen molar-refractivity contribution in [3.63, 3.8) is 0 Å². The van der Waals surface area contributed by atoms with Crippen molar-refractivity contribution < 1.29 is 0 Å². The summed E-state index contributed by atoms with van der Waals surface area (Å²) in [7, 11) is 0. The second kappa shape index (κ2) is 9.11. The van der Waals surface area contributed by atoms with Crippen molar-refractivity contribution in [2.45, 2.75) is 89.9 Å². The lowest BCUT2D eigenvalue weighted by molar-refractivity contribution is 0.262. The molecule has 0 spiro atoms. The summed E-state index contributed by atoms with van der Waals surface area (Å²) in [5, 5.41) is 9.85. The summed E-state index contributed by atoms with van der Waals surface area (Å²) in [6, 6.07) is 11.7. The molecule has 0 saturated heterocycles. The molecule has 0 radical (unpaired) electrons. The van der Waals surface area contributed by atoms with Crippen LogP contribution < -0.4 is 0 Å². The Balaban J connectivity index is 1.97. The molecule has 0 aliphatic heterocycles. The summed E-state index contributed by atoms with van der Waals surface area (Å²) in [6.45, 7) is 4.51. The van der Waals surface area contributed by atoms with Crippen molar-refractivity contribution in [1.82, 2.24) is 0 Å². The van der Waals surface area contributed by atoms with E-state index in [1.165, 1.54) is 68.9 Å². The predicted molar refractivity (Wildman–Crippen MR) is 98.4 cm³/mol. The summed E-state index contributed by atoms with van der Waals surface area (Å²) in [5.41, 5.74) is 2.46. The number of aryl methyl sites for hydroxylation is 1. The minimum absolute atomic E-state index is 0.218. The molecular weight excluding hydrogens is 278 g/mol. The molecule has 1 fully saturated rings. The van der Waals surface area contributed by atoms with Crippen molar-refractivity contribution in [2.24, 2.45) is 5.92 Å². The van der Waals surface area contributed by atoms with Gasteiger partial charge in [-0.1, -0.05) is 70.2 Å². The van der Waals surface area contributed by atoms with E-state index in [9.17, 15) is 5.26 Å². The van der Waals surface area contributed by atoms with Crippen LogP contribution in [0.2, 0.25) is 0 Å². The van der Waals surface area contributed by atoms with Gasteiger partial charge < -0.3 is 0 Å². The van der Waals surface area contributed by atoms with E-state index in [4.69, 9.17) is 0 Å². The van der Waals surface area contributed by atoms with Gasteiger partial charge >= 0.3 is 0 Å². The van der Waals surface area contributed by atoms with Gasteiger partial charge in [0.1, 0.15) is 0 Å². The molecule has 0 N–H and O–H groups in total. The Labute approximate surface area is 143 Å². The van der Waals surface area contributed by atoms with Crippen LogP contribution >= 0.6 is 0 Å². The molecule has 126 valence electrons. The predicted octanol–water partition coefficient (Wildman–Crippen LogP) is 6.56. The minimum Gasteiger partial charge on any atom is -0.197 e. The summed E-state index contributed by atoms with van der Waals surface area (Å²) in [6.07, 6.45) is 13.6. The van der Waals surface area contributed by atoms with Gasteiger partial charge in [-0.2, -0.15) is 5.26 Å². The van der Waals surface area contributed by atoms with Crippen LogP contribution in [0.3, 0.4) is 0 Å². The van der Waals surface area contributed by atoms with Crippen molar-refractivity contribution in [2.75, 3.05) is 0 Å². The van der Waals surface area contributed by atoms with Gasteiger partial charge in [-0.05, 0) is 55.6 Å². The Morgan fingerprint density at radius 1 is 1.00 bits per heavy atom. The maximum Gasteiger partial charge on any atom is 0.0822 e. The Bertz CT molecular complexity index is 486. The molecule has 0 aromatic heterocycles. The zero-order chi connectivity index (χ0) is 16.5. The molecule has 1 saturated carbocycles. The number of rotatable bonds is 8. The Morgan fingerprint density at radius 3 is 2.22 bits per heavy atom. The lowest BCUT2D eigenvalue weighted by Gasteiger charge is -2.35. The maximum absolute atomic E-state index is 9.85. The van der Waals surface area contributed by atoms with Crippen molar-refractivity contribution >= 4 is 0 Å². The molecule has 1 nitrogen and oxygen atoms in total. The quantitative estimate of drug-likeness (QED) is 0.499. The van der Waals surface area contributed by atoms with Gasteiger partial charge in [0.05, 0.1) is 11.5 Å². The van der Waals surface area contributed by atoms with Gasteiger partial charge in [0, 0.05) is 0 Å². The van der Waals surface area contributed by atoms with Crippen LogP contribution in [0.15, 0.2) is 24.3 Å². The van der Waals surface area contributed by atoms with Crippen LogP contribution in [-0.2, 0) is 11.8 Å². The van der Waals surface area contributed by atoms with E-state index in [1.807, 2.05) is 0 Å². The number of hydrogen-bond donors (Lipinski definition) is 0. The Morgan fingerprint density at radius 2 is 1.65 bits per heavy atom. The molecule has 0 atom stereocenters. The van der Waals surface area contributed by atoms with E-state index in [-0.39, 0.29) is 5.41 Å². The highest BCUT2D eigenvalue weighted by molar-refractivity contribution is 5.35. The topological polar surface area (TPSA) is 23.8 Å². The highest BCUT2D eigenvalue weighted by atomic mass is 14.4. The van der Waals surface area contributed by atoms with E-state index in [1.54, 1.807) is 0 Å². The maximum atomic E-state index is 9.85. The first-order valence-corrected chi connectivity index (χ1v) is 9.74. The van der Waals surface area contributed by atoms with E-state index in [0.717, 1.165) is 18.8 Å². The lowest BCUT2D eigenvalue weighted by atomic mass is 9.67. The molecular formula is C22H33N. The highest BCUT2D eigenvalue weighted by Crippen LogP contribution is 2.42. The fourth-order valence-electron chi connectivity index (χ4n) is 3.99. The smallest absolute Gasteiger partial charge is 0.0822 e. The molecule has 1 aromatic carbocycles. The van der Waals surface area contributed by atoms with E-state index in [2.05, 4.69) is 44.2 Å². The average Bonchev–Trinajstić information content (AvgIpc) is 2.61. The first-order chi connectivity index (χ1) is 11.2. The first kappa shape index (κ1) is 18.1. The second-order valence-corrected chi connectivity index (χ2v) is 7.43. The Hall–Kier alpha value is -1.29. The summed E-state index contributed by atoms with van der Waals surface area (Å²) in [4.78, 5) is 0. The molecule has 1 heteroatoms. The monoisotopic (exact) mass is 311 g/mol. The summed E-state index contributed by atoms with van der Waals surface area (Å²) in [5.74, 6) is 0.852. The van der Waals surface area contributed by atoms with Crippen molar-refractivity contribution in [3.05, 3.63) is 35.4 Å². The molecule has 1 aromatic rings. The van der Waals surface area contributed by atoms with Crippen LogP contribution in [-0.4, -0.2) is 0 Å². The molecule has 1 aliphatic rings. The van der Waals surface area contributed by atoms with Gasteiger partial charge in [-0.25, -0.2) is 0 Å². The zero-order valence-corrected chi connectivity index (χ0v) is 15.1. The number of hydrogen-bond acceptors (Lipinski definition) is 1. The third-order valence-corrected chi connectivity index (χ3v) is 5.71. The van der Waals surface area contributed by atoms with E-state index >= 15 is 0 Å². The normalized spacial score (nSPS) is 24.3. The SMILES string of the molecule is CCCCCc1ccc(C2(C#N)CCC(CCCC)CC2)cc1. The number of nitriles is 1. The fourth-order valence-corrected chi connectivity index (χ4v) is 3.99. The van der Waals surface area contributed by atoms with Gasteiger partial charge in [-0.3, -0.25) is 0 Å². The van der Waals surface area contributed by atoms with Crippen LogP contribution in [0.25, 0.3) is 0 Å². The molecule has 0 bridgehead atoms. The van der Waals surface area contributed by atoms with Gasteiger partial charge in [0.25, 0.3) is 0 Å². The largest absolute Gasteiger partial charge is 0.197 e. The molecule has 0 heterocycles. The van der Waals surface area contributed by atoms with Crippen molar-refractivity contribution in [1.29, 1.82) is 5.26 Å². The van der Waals surface area contributed by atoms with Crippen LogP contribution in [0, 0.1) is 17.2 Å². The standard InChI is InChI=1S/C22H33N/c1-3-5-7-9-19-10-12-21(13-11-19)22(18-23)16-14-20(15-17-22)8-6-4-2/h10-13,20H,3-9,14-17H2,1-2H3. The van der Waals surface area contributed by atoms with Gasteiger partial charge in [-0.15, -0.1) is 0 Å². The lowest BCUT2D eigenvalue weighted by Crippen LogP contribution is -2.30. The number of nitrogens with zero attached hydrogens (tertiary/aromatic N) is 1. The van der Waals surface area contributed by atoms with Crippen molar-refractivity contribution in [3.8, 4) is 6.07 Å². The van der Waals surface area contributed by atoms with Gasteiger partial charge in [0.2, 0.25) is 0 Å². The third-order valence-electron chi connectivity index (χ3n) is 5.71. The Kier molecular flexibility index (Phi) is 7.15. The summed E-state index contributed by atoms with van der Waals surface area (Å²) >= 11 is 0. The van der Waals surface area contributed by atoms with Gasteiger partial charge in [0.15, 0.2) is 0 Å². The highest BCUT2D eigenvalue weighted by Gasteiger charge is 2.36. The van der Waals surface area contributed by atoms with E-state index < -0.39 is 0 Å². The van der Waals surface area contributed by atoms with Crippen LogP contribution in [0.4, 0.5) is 0 Å². The second-order valence-electron chi connectivity index (χ2n) is 7.43. The van der Waals surface area contributed by atoms with Crippen LogP contribution in [0.1, 0.15) is 89.2 Å². The zero-order valence-electron chi connectivity index (χ0n) is 15.1. The fraction of sp³-hybridized carbons (Fsp3) is 0.682.